The van der Waals surface area contributed by atoms with Crippen molar-refractivity contribution in [3.63, 3.8) is 0 Å². The molecule has 0 unspecified atom stereocenters. The first-order valence-corrected chi connectivity index (χ1v) is 11.2. The van der Waals surface area contributed by atoms with Gasteiger partial charge in [-0.15, -0.1) is 0 Å². The van der Waals surface area contributed by atoms with Crippen LogP contribution in [0.3, 0.4) is 0 Å². The molecule has 0 spiro atoms. The highest BCUT2D eigenvalue weighted by Gasteiger charge is 2.21. The van der Waals surface area contributed by atoms with E-state index < -0.39 is 31.5 Å². The molecule has 1 aliphatic rings. The zero-order chi connectivity index (χ0) is 21.9. The van der Waals surface area contributed by atoms with Gasteiger partial charge in [0.2, 0.25) is 10.0 Å². The molecule has 2 aromatic carbocycles. The monoisotopic (exact) mass is 459 g/mol. The van der Waals surface area contributed by atoms with Crippen LogP contribution in [0.1, 0.15) is 24.0 Å². The van der Waals surface area contributed by atoms with Gasteiger partial charge in [0.1, 0.15) is 4.90 Å². The van der Waals surface area contributed by atoms with Gasteiger partial charge < -0.3 is 0 Å². The van der Waals surface area contributed by atoms with Crippen LogP contribution in [-0.2, 0) is 23.0 Å². The summed E-state index contributed by atoms with van der Waals surface area (Å²) in [7, 11) is -4.05. The summed E-state index contributed by atoms with van der Waals surface area (Å²) in [5.41, 5.74) is 2.11. The lowest BCUT2D eigenvalue weighted by Crippen LogP contribution is -2.32. The van der Waals surface area contributed by atoms with Crippen molar-refractivity contribution in [3.05, 3.63) is 68.2 Å². The fourth-order valence-corrected chi connectivity index (χ4v) is 4.96. The standard InChI is InChI=1S/C19H20ClF2N3O4S/c20-16-10-17(21)18(22)11-19(16)30(28,29)23-6-1-2-7-24-8-5-13-3-4-15(25(26)27)9-14(13)12-24/h3-4,9-11,23H,1-2,5-8,12H2. The Labute approximate surface area is 177 Å². The van der Waals surface area contributed by atoms with Crippen molar-refractivity contribution < 1.29 is 22.1 Å². The van der Waals surface area contributed by atoms with Crippen LogP contribution >= 0.6 is 11.6 Å². The molecule has 2 aromatic rings. The second-order valence-electron chi connectivity index (χ2n) is 7.04. The number of nitro benzene ring substituents is 1. The van der Waals surface area contributed by atoms with E-state index in [1.807, 2.05) is 0 Å². The number of sulfonamides is 1. The van der Waals surface area contributed by atoms with Crippen molar-refractivity contribution in [2.75, 3.05) is 19.6 Å². The second kappa shape index (κ2) is 9.34. The number of fused-ring (bicyclic) bond motifs is 1. The number of rotatable bonds is 8. The fraction of sp³-hybridized carbons (Fsp3) is 0.368. The number of benzene rings is 2. The summed E-state index contributed by atoms with van der Waals surface area (Å²) in [5.74, 6) is -2.50. The molecule has 1 aliphatic heterocycles. The van der Waals surface area contributed by atoms with Gasteiger partial charge >= 0.3 is 0 Å². The number of nitro groups is 1. The summed E-state index contributed by atoms with van der Waals surface area (Å²) in [6, 6.07) is 6.10. The third kappa shape index (κ3) is 5.31. The van der Waals surface area contributed by atoms with Crippen molar-refractivity contribution >= 4 is 27.3 Å². The van der Waals surface area contributed by atoms with Gasteiger partial charge in [0.15, 0.2) is 11.6 Å². The number of hydrogen-bond acceptors (Lipinski definition) is 5. The largest absolute Gasteiger partial charge is 0.299 e. The van der Waals surface area contributed by atoms with Crippen molar-refractivity contribution in [2.24, 2.45) is 0 Å². The van der Waals surface area contributed by atoms with Gasteiger partial charge in [-0.1, -0.05) is 17.7 Å². The zero-order valence-electron chi connectivity index (χ0n) is 15.9. The van der Waals surface area contributed by atoms with Crippen LogP contribution in [0.15, 0.2) is 35.2 Å². The van der Waals surface area contributed by atoms with Crippen molar-refractivity contribution in [1.29, 1.82) is 0 Å². The van der Waals surface area contributed by atoms with E-state index in [2.05, 4.69) is 9.62 Å². The lowest BCUT2D eigenvalue weighted by atomic mass is 9.99. The second-order valence-corrected chi connectivity index (χ2v) is 9.18. The molecule has 0 amide bonds. The maximum Gasteiger partial charge on any atom is 0.269 e. The predicted molar refractivity (Wildman–Crippen MR) is 108 cm³/mol. The molecule has 0 atom stereocenters. The topological polar surface area (TPSA) is 92.6 Å². The third-order valence-electron chi connectivity index (χ3n) is 4.95. The molecule has 11 heteroatoms. The van der Waals surface area contributed by atoms with E-state index in [0.29, 0.717) is 38.1 Å². The van der Waals surface area contributed by atoms with Gasteiger partial charge in [0.25, 0.3) is 5.69 Å². The van der Waals surface area contributed by atoms with Crippen molar-refractivity contribution in [1.82, 2.24) is 9.62 Å². The number of non-ortho nitro benzene ring substituents is 1. The van der Waals surface area contributed by atoms with E-state index in [1.165, 1.54) is 6.07 Å². The average molecular weight is 460 g/mol. The third-order valence-corrected chi connectivity index (χ3v) is 6.88. The molecular weight excluding hydrogens is 440 g/mol. The van der Waals surface area contributed by atoms with Gasteiger partial charge in [0.05, 0.1) is 9.95 Å². The first kappa shape index (κ1) is 22.5. The number of nitrogens with zero attached hydrogens (tertiary/aromatic N) is 2. The maximum atomic E-state index is 13.3. The molecule has 0 fully saturated rings. The number of unbranched alkanes of at least 4 members (excludes halogenated alkanes) is 1. The first-order chi connectivity index (χ1) is 14.2. The molecular formula is C19H20ClF2N3O4S. The maximum absolute atomic E-state index is 13.3. The summed E-state index contributed by atoms with van der Waals surface area (Å²) in [6.45, 7) is 2.25. The lowest BCUT2D eigenvalue weighted by Gasteiger charge is -2.28. The van der Waals surface area contributed by atoms with Gasteiger partial charge in [0, 0.05) is 31.8 Å². The zero-order valence-corrected chi connectivity index (χ0v) is 17.5. The minimum absolute atomic E-state index is 0.0703. The number of halogens is 3. The van der Waals surface area contributed by atoms with Crippen LogP contribution in [0, 0.1) is 21.7 Å². The summed E-state index contributed by atoms with van der Waals surface area (Å²) in [5, 5.41) is 10.6. The number of hydrogen-bond donors (Lipinski definition) is 1. The smallest absolute Gasteiger partial charge is 0.269 e. The van der Waals surface area contributed by atoms with Gasteiger partial charge in [-0.05, 0) is 49.1 Å². The van der Waals surface area contributed by atoms with Crippen molar-refractivity contribution in [3.8, 4) is 0 Å². The van der Waals surface area contributed by atoms with E-state index in [9.17, 15) is 27.3 Å². The molecule has 7 nitrogen and oxygen atoms in total. The molecule has 3 rings (SSSR count). The van der Waals surface area contributed by atoms with E-state index in [1.54, 1.807) is 12.1 Å². The number of nitrogens with one attached hydrogen (secondary N) is 1. The summed E-state index contributed by atoms with van der Waals surface area (Å²) >= 11 is 5.72. The fourth-order valence-electron chi connectivity index (χ4n) is 3.36. The minimum atomic E-state index is -4.05. The average Bonchev–Trinajstić information content (AvgIpc) is 2.69. The molecule has 0 aromatic heterocycles. The normalized spacial score (nSPS) is 14.5. The molecule has 0 bridgehead atoms. The molecule has 0 saturated heterocycles. The van der Waals surface area contributed by atoms with Crippen LogP contribution in [-0.4, -0.2) is 37.9 Å². The van der Waals surface area contributed by atoms with E-state index in [4.69, 9.17) is 11.6 Å². The van der Waals surface area contributed by atoms with E-state index in [-0.39, 0.29) is 17.3 Å². The molecule has 0 saturated carbocycles. The predicted octanol–water partition coefficient (Wildman–Crippen LogP) is 3.64. The molecule has 162 valence electrons. The quantitative estimate of drug-likeness (QED) is 0.281. The lowest BCUT2D eigenvalue weighted by molar-refractivity contribution is -0.385. The Bertz CT molecular complexity index is 1070. The summed E-state index contributed by atoms with van der Waals surface area (Å²) in [4.78, 5) is 12.2. The van der Waals surface area contributed by atoms with E-state index >= 15 is 0 Å². The first-order valence-electron chi connectivity index (χ1n) is 9.30. The molecule has 0 aliphatic carbocycles. The summed E-state index contributed by atoms with van der Waals surface area (Å²) in [6.07, 6.45) is 2.02. The van der Waals surface area contributed by atoms with Crippen LogP contribution in [0.25, 0.3) is 0 Å². The summed E-state index contributed by atoms with van der Waals surface area (Å²) < 4.78 is 53.3. The van der Waals surface area contributed by atoms with Crippen LogP contribution in [0.2, 0.25) is 5.02 Å². The SMILES string of the molecule is O=[N+]([O-])c1ccc2c(c1)CN(CCCCNS(=O)(=O)c1cc(F)c(F)cc1Cl)CC2. The van der Waals surface area contributed by atoms with Crippen LogP contribution in [0.5, 0.6) is 0 Å². The highest BCUT2D eigenvalue weighted by Crippen LogP contribution is 2.25. The highest BCUT2D eigenvalue weighted by atomic mass is 35.5. The van der Waals surface area contributed by atoms with Crippen LogP contribution in [0.4, 0.5) is 14.5 Å². The van der Waals surface area contributed by atoms with Crippen molar-refractivity contribution in [2.45, 2.75) is 30.7 Å². The Morgan fingerprint density at radius 2 is 1.87 bits per heavy atom. The molecule has 1 heterocycles. The Kier molecular flexibility index (Phi) is 7.02. The van der Waals surface area contributed by atoms with E-state index in [0.717, 1.165) is 24.1 Å². The van der Waals surface area contributed by atoms with Gasteiger partial charge in [-0.3, -0.25) is 15.0 Å². The molecule has 1 N–H and O–H groups in total. The Hall–Kier alpha value is -2.14. The Morgan fingerprint density at radius 1 is 1.13 bits per heavy atom. The minimum Gasteiger partial charge on any atom is -0.299 e. The van der Waals surface area contributed by atoms with Crippen LogP contribution < -0.4 is 4.72 Å². The Balaban J connectivity index is 1.48. The molecule has 30 heavy (non-hydrogen) atoms. The molecule has 0 radical (unpaired) electrons. The highest BCUT2D eigenvalue weighted by molar-refractivity contribution is 7.89. The van der Waals surface area contributed by atoms with Gasteiger partial charge in [-0.25, -0.2) is 21.9 Å². The van der Waals surface area contributed by atoms with Gasteiger partial charge in [-0.2, -0.15) is 0 Å². The Morgan fingerprint density at radius 3 is 2.60 bits per heavy atom.